The van der Waals surface area contributed by atoms with Gasteiger partial charge in [0.25, 0.3) is 0 Å². The van der Waals surface area contributed by atoms with Crippen molar-refractivity contribution in [3.05, 3.63) is 53.2 Å². The van der Waals surface area contributed by atoms with Crippen LogP contribution in [-0.2, 0) is 29.3 Å². The quantitative estimate of drug-likeness (QED) is 0.468. The number of esters is 1. The molecule has 3 heterocycles. The van der Waals surface area contributed by atoms with Gasteiger partial charge in [-0.15, -0.1) is 0 Å². The molecule has 0 saturated carbocycles. The Hall–Kier alpha value is -3.60. The van der Waals surface area contributed by atoms with E-state index in [0.29, 0.717) is 5.69 Å². The Kier molecular flexibility index (Phi) is 8.44. The van der Waals surface area contributed by atoms with Gasteiger partial charge in [0.1, 0.15) is 5.69 Å². The monoisotopic (exact) mass is 559 g/mol. The first-order chi connectivity index (χ1) is 18.8. The van der Waals surface area contributed by atoms with E-state index < -0.39 is 35.8 Å². The van der Waals surface area contributed by atoms with Gasteiger partial charge >= 0.3 is 12.6 Å². The summed E-state index contributed by atoms with van der Waals surface area (Å²) in [6.07, 6.45) is -0.588. The average molecular weight is 560 g/mol. The lowest BCUT2D eigenvalue weighted by Crippen LogP contribution is -2.52. The highest BCUT2D eigenvalue weighted by molar-refractivity contribution is 6.00. The van der Waals surface area contributed by atoms with Gasteiger partial charge < -0.3 is 24.4 Å². The van der Waals surface area contributed by atoms with Gasteiger partial charge in [-0.05, 0) is 48.9 Å². The number of carbonyl (C=O) groups is 3. The molecule has 2 amide bonds. The molecule has 216 valence electrons. The molecule has 2 aliphatic heterocycles. The van der Waals surface area contributed by atoms with Gasteiger partial charge in [0, 0.05) is 32.6 Å². The smallest absolute Gasteiger partial charge is 0.388 e. The number of aromatic nitrogens is 1. The molecule has 2 fully saturated rings. The summed E-state index contributed by atoms with van der Waals surface area (Å²) in [4.78, 5) is 45.0. The average Bonchev–Trinajstić information content (AvgIpc) is 3.15. The van der Waals surface area contributed by atoms with Crippen LogP contribution in [0.4, 0.5) is 14.5 Å². The lowest BCUT2D eigenvalue weighted by atomic mass is 9.69. The zero-order chi connectivity index (χ0) is 29.2. The first kappa shape index (κ1) is 29.4. The van der Waals surface area contributed by atoms with Crippen molar-refractivity contribution < 1.29 is 37.4 Å². The molecule has 0 bridgehead atoms. The third-order valence-electron chi connectivity index (χ3n) is 7.35. The maximum Gasteiger partial charge on any atom is 0.388 e. The maximum atomic E-state index is 14.1. The van der Waals surface area contributed by atoms with Crippen LogP contribution >= 0.6 is 0 Å². The van der Waals surface area contributed by atoms with Crippen molar-refractivity contribution in [3.63, 3.8) is 0 Å². The number of likely N-dealkylation sites (tertiary alicyclic amines) is 1. The van der Waals surface area contributed by atoms with Gasteiger partial charge in [-0.3, -0.25) is 9.59 Å². The van der Waals surface area contributed by atoms with Crippen LogP contribution in [0.5, 0.6) is 5.88 Å². The van der Waals surface area contributed by atoms with Crippen molar-refractivity contribution in [1.29, 1.82) is 0 Å². The second kappa shape index (κ2) is 11.5. The molecule has 9 nitrogen and oxygen atoms in total. The van der Waals surface area contributed by atoms with Crippen LogP contribution in [0.3, 0.4) is 0 Å². The third-order valence-corrected chi connectivity index (χ3v) is 7.35. The number of aryl methyl sites for hydroxylation is 1. The molecule has 4 rings (SSSR count). The number of halogens is 2. The van der Waals surface area contributed by atoms with E-state index in [1.165, 1.54) is 6.07 Å². The normalized spacial score (nSPS) is 20.0. The van der Waals surface area contributed by atoms with Crippen LogP contribution in [0, 0.1) is 6.92 Å². The molecule has 0 aliphatic carbocycles. The third kappa shape index (κ3) is 6.24. The number of alkyl halides is 2. The van der Waals surface area contributed by atoms with Gasteiger partial charge in [0.05, 0.1) is 11.8 Å². The van der Waals surface area contributed by atoms with Gasteiger partial charge in [0.15, 0.2) is 6.10 Å². The summed E-state index contributed by atoms with van der Waals surface area (Å²) in [6.45, 7) is 6.30. The highest BCUT2D eigenvalue weighted by Gasteiger charge is 2.47. The van der Waals surface area contributed by atoms with Crippen molar-refractivity contribution in [1.82, 2.24) is 9.88 Å². The summed E-state index contributed by atoms with van der Waals surface area (Å²) in [6, 6.07) is 10.7. The van der Waals surface area contributed by atoms with Crippen molar-refractivity contribution in [2.45, 2.75) is 83.7 Å². The number of piperidine rings is 1. The molecule has 2 aliphatic rings. The van der Waals surface area contributed by atoms with Gasteiger partial charge in [-0.2, -0.15) is 8.78 Å². The van der Waals surface area contributed by atoms with Crippen LogP contribution in [0.2, 0.25) is 0 Å². The lowest BCUT2D eigenvalue weighted by Gasteiger charge is -2.42. The maximum absolute atomic E-state index is 14.1. The van der Waals surface area contributed by atoms with Gasteiger partial charge in [-0.1, -0.05) is 38.1 Å². The fourth-order valence-corrected chi connectivity index (χ4v) is 5.37. The summed E-state index contributed by atoms with van der Waals surface area (Å²) >= 11 is 0. The number of nitrogens with one attached hydrogen (secondary N) is 1. The van der Waals surface area contributed by atoms with E-state index in [1.807, 2.05) is 38.1 Å². The van der Waals surface area contributed by atoms with E-state index in [9.17, 15) is 23.2 Å². The molecule has 40 heavy (non-hydrogen) atoms. The van der Waals surface area contributed by atoms with E-state index >= 15 is 0 Å². The Labute approximate surface area is 232 Å². The van der Waals surface area contributed by atoms with Crippen LogP contribution in [-0.4, -0.2) is 59.3 Å². The van der Waals surface area contributed by atoms with E-state index in [4.69, 9.17) is 9.47 Å². The Bertz CT molecular complexity index is 1270. The van der Waals surface area contributed by atoms with E-state index in [2.05, 4.69) is 15.0 Å². The second-order valence-corrected chi connectivity index (χ2v) is 11.0. The van der Waals surface area contributed by atoms with Crippen molar-refractivity contribution in [2.24, 2.45) is 0 Å². The SMILES string of the molecule is Cc1ccc(NC(=O)C2(c3ccccc3C(C)C)CCN(C(=O)C[C@@H]3OC(C)(C)OC3=O)CC2)c(OC(F)F)n1. The number of benzene rings is 1. The van der Waals surface area contributed by atoms with Crippen LogP contribution in [0.25, 0.3) is 0 Å². The number of hydrogen-bond donors (Lipinski definition) is 1. The number of anilines is 1. The minimum absolute atomic E-state index is 0.0373. The highest BCUT2D eigenvalue weighted by Crippen LogP contribution is 2.41. The number of hydrogen-bond acceptors (Lipinski definition) is 7. The topological polar surface area (TPSA) is 107 Å². The van der Waals surface area contributed by atoms with Crippen LogP contribution in [0.15, 0.2) is 36.4 Å². The molecule has 1 aromatic heterocycles. The number of carbonyl (C=O) groups excluding carboxylic acids is 3. The minimum Gasteiger partial charge on any atom is -0.432 e. The number of pyridine rings is 1. The molecule has 2 aromatic rings. The molecule has 0 unspecified atom stereocenters. The van der Waals surface area contributed by atoms with Gasteiger partial charge in [0.2, 0.25) is 23.5 Å². The largest absolute Gasteiger partial charge is 0.432 e. The summed E-state index contributed by atoms with van der Waals surface area (Å²) in [7, 11) is 0. The Balaban J connectivity index is 1.61. The highest BCUT2D eigenvalue weighted by atomic mass is 19.3. The molecule has 1 aromatic carbocycles. The molecule has 1 N–H and O–H groups in total. The summed E-state index contributed by atoms with van der Waals surface area (Å²) in [5.74, 6) is -2.61. The predicted octanol–water partition coefficient (Wildman–Crippen LogP) is 4.68. The lowest BCUT2D eigenvalue weighted by molar-refractivity contribution is -0.161. The summed E-state index contributed by atoms with van der Waals surface area (Å²) < 4.78 is 41.5. The van der Waals surface area contributed by atoms with Crippen LogP contribution < -0.4 is 10.1 Å². The van der Waals surface area contributed by atoms with Crippen molar-refractivity contribution in [3.8, 4) is 5.88 Å². The number of amides is 2. The minimum atomic E-state index is -3.11. The van der Waals surface area contributed by atoms with E-state index in [-0.39, 0.29) is 55.7 Å². The predicted molar refractivity (Wildman–Crippen MR) is 142 cm³/mol. The first-order valence-electron chi connectivity index (χ1n) is 13.3. The number of nitrogens with zero attached hydrogens (tertiary/aromatic N) is 2. The number of rotatable bonds is 8. The van der Waals surface area contributed by atoms with E-state index in [1.54, 1.807) is 31.7 Å². The van der Waals surface area contributed by atoms with Crippen LogP contribution in [0.1, 0.15) is 69.7 Å². The standard InChI is InChI=1S/C29H35F2N3O6/c1-17(2)19-8-6-7-9-20(19)29(26(37)33-21-11-10-18(3)32-24(21)38-27(30)31)12-14-34(15-13-29)23(35)16-22-25(36)40-28(4,5)39-22/h6-11,17,22,27H,12-16H2,1-5H3,(H,33,37)/t22-/m0/s1. The fourth-order valence-electron chi connectivity index (χ4n) is 5.37. The molecule has 11 heteroatoms. The van der Waals surface area contributed by atoms with Gasteiger partial charge in [-0.25, -0.2) is 9.78 Å². The zero-order valence-corrected chi connectivity index (χ0v) is 23.3. The summed E-state index contributed by atoms with van der Waals surface area (Å²) in [5.41, 5.74) is 1.23. The molecular weight excluding hydrogens is 524 g/mol. The summed E-state index contributed by atoms with van der Waals surface area (Å²) in [5, 5.41) is 2.79. The first-order valence-corrected chi connectivity index (χ1v) is 13.3. The molecule has 0 spiro atoms. The molecule has 1 atom stereocenters. The number of cyclic esters (lactones) is 1. The zero-order valence-electron chi connectivity index (χ0n) is 23.3. The van der Waals surface area contributed by atoms with Crippen molar-refractivity contribution >= 4 is 23.5 Å². The fraction of sp³-hybridized carbons (Fsp3) is 0.517. The number of ether oxygens (including phenoxy) is 3. The molecule has 2 saturated heterocycles. The Morgan fingerprint density at radius 1 is 1.15 bits per heavy atom. The molecule has 0 radical (unpaired) electrons. The Morgan fingerprint density at radius 3 is 2.42 bits per heavy atom. The van der Waals surface area contributed by atoms with Crippen molar-refractivity contribution in [2.75, 3.05) is 18.4 Å². The molecular formula is C29H35F2N3O6. The second-order valence-electron chi connectivity index (χ2n) is 11.0. The van der Waals surface area contributed by atoms with E-state index in [0.717, 1.165) is 11.1 Å². The Morgan fingerprint density at radius 2 is 1.82 bits per heavy atom.